The Balaban J connectivity index is 1.70. The van der Waals surface area contributed by atoms with E-state index in [0.717, 1.165) is 26.1 Å². The van der Waals surface area contributed by atoms with E-state index in [2.05, 4.69) is 5.32 Å². The summed E-state index contributed by atoms with van der Waals surface area (Å²) in [7, 11) is 3.57. The predicted molar refractivity (Wildman–Crippen MR) is 115 cm³/mol. The lowest BCUT2D eigenvalue weighted by Gasteiger charge is -2.22. The third kappa shape index (κ3) is 5.58. The summed E-state index contributed by atoms with van der Waals surface area (Å²) in [6.07, 6.45) is 0. The zero-order valence-corrected chi connectivity index (χ0v) is 17.5. The molecular weight excluding hydrogens is 392 g/mol. The molecule has 146 valence electrons. The van der Waals surface area contributed by atoms with Gasteiger partial charge in [-0.05, 0) is 42.4 Å². The van der Waals surface area contributed by atoms with Crippen molar-refractivity contribution in [1.29, 1.82) is 0 Å². The van der Waals surface area contributed by atoms with Gasteiger partial charge in [-0.1, -0.05) is 54.1 Å². The first kappa shape index (κ1) is 20.4. The van der Waals surface area contributed by atoms with Crippen molar-refractivity contribution in [3.63, 3.8) is 0 Å². The number of carbonyl (C=O) groups excluding carboxylic acids is 1. The van der Waals surface area contributed by atoms with Gasteiger partial charge in [-0.3, -0.25) is 9.69 Å². The molecule has 3 aromatic rings. The summed E-state index contributed by atoms with van der Waals surface area (Å²) in [4.78, 5) is 15.8. The standard InChI is InChI=1S/C22H23ClN2O2S/c1-25(14-19-12-13-20(23)28-19)15-21(26)24-22(16-6-4-3-5-7-16)17-8-10-18(27-2)11-9-17/h3-13,22H,14-15H2,1-2H3,(H,24,26)/t22-/m0/s1. The molecule has 3 rings (SSSR count). The molecule has 0 spiro atoms. The Kier molecular flexibility index (Phi) is 7.09. The second-order valence-corrected chi connectivity index (χ2v) is 8.36. The maximum atomic E-state index is 12.7. The molecule has 0 fully saturated rings. The van der Waals surface area contributed by atoms with Crippen molar-refractivity contribution in [1.82, 2.24) is 10.2 Å². The van der Waals surface area contributed by atoms with E-state index in [9.17, 15) is 4.79 Å². The lowest BCUT2D eigenvalue weighted by molar-refractivity contribution is -0.122. The summed E-state index contributed by atoms with van der Waals surface area (Å²) in [6, 6.07) is 21.4. The van der Waals surface area contributed by atoms with Crippen molar-refractivity contribution >= 4 is 28.8 Å². The molecule has 0 unspecified atom stereocenters. The van der Waals surface area contributed by atoms with Crippen LogP contribution in [-0.2, 0) is 11.3 Å². The molecule has 0 saturated carbocycles. The second kappa shape index (κ2) is 9.73. The highest BCUT2D eigenvalue weighted by atomic mass is 35.5. The van der Waals surface area contributed by atoms with Crippen LogP contribution in [0.25, 0.3) is 0 Å². The molecule has 0 saturated heterocycles. The molecule has 6 heteroatoms. The van der Waals surface area contributed by atoms with Gasteiger partial charge in [-0.25, -0.2) is 0 Å². The van der Waals surface area contributed by atoms with E-state index in [1.54, 1.807) is 7.11 Å². The average Bonchev–Trinajstić information content (AvgIpc) is 3.11. The number of methoxy groups -OCH3 is 1. The molecule has 0 aliphatic rings. The summed E-state index contributed by atoms with van der Waals surface area (Å²) >= 11 is 7.52. The Morgan fingerprint density at radius 2 is 1.75 bits per heavy atom. The van der Waals surface area contributed by atoms with Crippen LogP contribution in [0.15, 0.2) is 66.7 Å². The number of halogens is 1. The fourth-order valence-corrected chi connectivity index (χ4v) is 4.18. The van der Waals surface area contributed by atoms with Gasteiger partial charge in [0, 0.05) is 11.4 Å². The van der Waals surface area contributed by atoms with Gasteiger partial charge in [0.25, 0.3) is 0 Å². The van der Waals surface area contributed by atoms with E-state index >= 15 is 0 Å². The number of likely N-dealkylation sites (N-methyl/N-ethyl adjacent to an activating group) is 1. The van der Waals surface area contributed by atoms with Crippen LogP contribution >= 0.6 is 22.9 Å². The summed E-state index contributed by atoms with van der Waals surface area (Å²) in [5.41, 5.74) is 2.04. The first-order valence-corrected chi connectivity index (χ1v) is 10.2. The minimum Gasteiger partial charge on any atom is -0.497 e. The van der Waals surface area contributed by atoms with Crippen molar-refractivity contribution in [2.75, 3.05) is 20.7 Å². The lowest BCUT2D eigenvalue weighted by Crippen LogP contribution is -2.37. The summed E-state index contributed by atoms with van der Waals surface area (Å²) in [5, 5.41) is 3.16. The minimum absolute atomic E-state index is 0.0326. The van der Waals surface area contributed by atoms with Crippen LogP contribution in [0.5, 0.6) is 5.75 Å². The fourth-order valence-electron chi connectivity index (χ4n) is 3.01. The SMILES string of the molecule is COc1ccc([C@@H](NC(=O)CN(C)Cc2ccc(Cl)s2)c2ccccc2)cc1. The van der Waals surface area contributed by atoms with Crippen LogP contribution in [0, 0.1) is 0 Å². The maximum absolute atomic E-state index is 12.7. The van der Waals surface area contributed by atoms with Crippen molar-refractivity contribution in [3.05, 3.63) is 87.1 Å². The van der Waals surface area contributed by atoms with Gasteiger partial charge < -0.3 is 10.1 Å². The number of amides is 1. The number of hydrogen-bond acceptors (Lipinski definition) is 4. The zero-order valence-electron chi connectivity index (χ0n) is 15.9. The third-order valence-electron chi connectivity index (χ3n) is 4.36. The Labute approximate surface area is 174 Å². The third-order valence-corrected chi connectivity index (χ3v) is 5.57. The highest BCUT2D eigenvalue weighted by molar-refractivity contribution is 7.16. The summed E-state index contributed by atoms with van der Waals surface area (Å²) < 4.78 is 6.00. The number of benzene rings is 2. The summed E-state index contributed by atoms with van der Waals surface area (Å²) in [6.45, 7) is 0.984. The molecule has 28 heavy (non-hydrogen) atoms. The summed E-state index contributed by atoms with van der Waals surface area (Å²) in [5.74, 6) is 0.756. The molecule has 4 nitrogen and oxygen atoms in total. The van der Waals surface area contributed by atoms with E-state index < -0.39 is 0 Å². The molecule has 2 aromatic carbocycles. The topological polar surface area (TPSA) is 41.6 Å². The highest BCUT2D eigenvalue weighted by Crippen LogP contribution is 2.25. The maximum Gasteiger partial charge on any atom is 0.234 e. The second-order valence-electron chi connectivity index (χ2n) is 6.56. The van der Waals surface area contributed by atoms with Crippen molar-refractivity contribution in [2.45, 2.75) is 12.6 Å². The Morgan fingerprint density at radius 3 is 2.36 bits per heavy atom. The van der Waals surface area contributed by atoms with E-state index in [-0.39, 0.29) is 11.9 Å². The van der Waals surface area contributed by atoms with Gasteiger partial charge in [0.2, 0.25) is 5.91 Å². The first-order valence-electron chi connectivity index (χ1n) is 8.96. The predicted octanol–water partition coefficient (Wildman–Crippen LogP) is 4.75. The largest absolute Gasteiger partial charge is 0.497 e. The molecule has 1 N–H and O–H groups in total. The number of carbonyl (C=O) groups is 1. The van der Waals surface area contributed by atoms with Gasteiger partial charge in [0.1, 0.15) is 5.75 Å². The number of hydrogen-bond donors (Lipinski definition) is 1. The van der Waals surface area contributed by atoms with Crippen molar-refractivity contribution in [2.24, 2.45) is 0 Å². The molecule has 0 bridgehead atoms. The normalized spacial score (nSPS) is 12.0. The fraction of sp³-hybridized carbons (Fsp3) is 0.227. The van der Waals surface area contributed by atoms with Gasteiger partial charge in [-0.15, -0.1) is 11.3 Å². The van der Waals surface area contributed by atoms with Crippen molar-refractivity contribution in [3.8, 4) is 5.75 Å². The van der Waals surface area contributed by atoms with Crippen LogP contribution in [0.1, 0.15) is 22.0 Å². The molecule has 1 aromatic heterocycles. The van der Waals surface area contributed by atoms with Crippen LogP contribution in [0.4, 0.5) is 0 Å². The van der Waals surface area contributed by atoms with Crippen LogP contribution in [0.3, 0.4) is 0 Å². The highest BCUT2D eigenvalue weighted by Gasteiger charge is 2.18. The monoisotopic (exact) mass is 414 g/mol. The van der Waals surface area contributed by atoms with Gasteiger partial charge in [0.15, 0.2) is 0 Å². The Bertz CT molecular complexity index is 896. The van der Waals surface area contributed by atoms with Crippen molar-refractivity contribution < 1.29 is 9.53 Å². The molecule has 0 radical (unpaired) electrons. The number of thiophene rings is 1. The molecule has 1 amide bonds. The van der Waals surface area contributed by atoms with Crippen LogP contribution in [-0.4, -0.2) is 31.5 Å². The smallest absolute Gasteiger partial charge is 0.234 e. The van der Waals surface area contributed by atoms with Crippen LogP contribution in [0.2, 0.25) is 4.34 Å². The van der Waals surface area contributed by atoms with Gasteiger partial charge >= 0.3 is 0 Å². The first-order chi connectivity index (χ1) is 13.5. The quantitative estimate of drug-likeness (QED) is 0.578. The van der Waals surface area contributed by atoms with E-state index in [4.69, 9.17) is 16.3 Å². The number of rotatable bonds is 8. The van der Waals surface area contributed by atoms with E-state index in [1.807, 2.05) is 78.7 Å². The van der Waals surface area contributed by atoms with E-state index in [1.165, 1.54) is 11.3 Å². The van der Waals surface area contributed by atoms with E-state index in [0.29, 0.717) is 13.1 Å². The van der Waals surface area contributed by atoms with Gasteiger partial charge in [0.05, 0.1) is 24.0 Å². The minimum atomic E-state index is -0.218. The molecule has 1 atom stereocenters. The Morgan fingerprint density at radius 1 is 1.07 bits per heavy atom. The number of nitrogens with zero attached hydrogens (tertiary/aromatic N) is 1. The van der Waals surface area contributed by atoms with Gasteiger partial charge in [-0.2, -0.15) is 0 Å². The number of nitrogens with one attached hydrogen (secondary N) is 1. The molecule has 0 aliphatic heterocycles. The van der Waals surface area contributed by atoms with Crippen LogP contribution < -0.4 is 10.1 Å². The Hall–Kier alpha value is -2.34. The molecule has 1 heterocycles. The number of ether oxygens (including phenoxy) is 1. The molecular formula is C22H23ClN2O2S. The lowest BCUT2D eigenvalue weighted by atomic mass is 9.98. The molecule has 0 aliphatic carbocycles. The average molecular weight is 415 g/mol. The zero-order chi connectivity index (χ0) is 19.9.